The number of phenolic OH excluding ortho intramolecular Hbond substituents is 1. The second-order valence-corrected chi connectivity index (χ2v) is 5.36. The van der Waals surface area contributed by atoms with Gasteiger partial charge in [-0.3, -0.25) is 0 Å². The largest absolute Gasteiger partial charge is 0.504 e. The fourth-order valence-electron chi connectivity index (χ4n) is 2.67. The molecule has 0 saturated carbocycles. The Morgan fingerprint density at radius 2 is 1.88 bits per heavy atom. The van der Waals surface area contributed by atoms with E-state index in [1.54, 1.807) is 18.5 Å². The van der Waals surface area contributed by atoms with E-state index in [4.69, 9.17) is 10.5 Å². The SMILES string of the molecule is COc1ccc(-c2ccc3nc(N)nc(-n4cncn4)c3c2)cc1O. The molecule has 0 aliphatic heterocycles. The van der Waals surface area contributed by atoms with Crippen LogP contribution in [0.2, 0.25) is 0 Å². The molecule has 4 rings (SSSR count). The van der Waals surface area contributed by atoms with Crippen molar-refractivity contribution in [2.45, 2.75) is 0 Å². The molecular formula is C17H14N6O2. The zero-order chi connectivity index (χ0) is 17.4. The maximum Gasteiger partial charge on any atom is 0.222 e. The maximum absolute atomic E-state index is 10.0. The number of phenols is 1. The lowest BCUT2D eigenvalue weighted by Gasteiger charge is -2.10. The summed E-state index contributed by atoms with van der Waals surface area (Å²) in [5.41, 5.74) is 8.22. The van der Waals surface area contributed by atoms with E-state index in [0.29, 0.717) is 17.1 Å². The third-order valence-electron chi connectivity index (χ3n) is 3.84. The molecule has 0 spiro atoms. The number of nitrogens with zero attached hydrogens (tertiary/aromatic N) is 5. The van der Waals surface area contributed by atoms with E-state index >= 15 is 0 Å². The van der Waals surface area contributed by atoms with Gasteiger partial charge in [0, 0.05) is 5.39 Å². The Kier molecular flexibility index (Phi) is 3.42. The Bertz CT molecular complexity index is 1060. The Labute approximate surface area is 142 Å². The van der Waals surface area contributed by atoms with E-state index in [2.05, 4.69) is 20.1 Å². The first-order valence-corrected chi connectivity index (χ1v) is 7.45. The van der Waals surface area contributed by atoms with Crippen LogP contribution in [0.3, 0.4) is 0 Å². The highest BCUT2D eigenvalue weighted by molar-refractivity contribution is 5.90. The number of aromatic hydroxyl groups is 1. The number of hydrogen-bond acceptors (Lipinski definition) is 7. The van der Waals surface area contributed by atoms with Crippen LogP contribution in [0.1, 0.15) is 0 Å². The monoisotopic (exact) mass is 334 g/mol. The lowest BCUT2D eigenvalue weighted by molar-refractivity contribution is 0.373. The Hall–Kier alpha value is -3.68. The highest BCUT2D eigenvalue weighted by Crippen LogP contribution is 2.33. The van der Waals surface area contributed by atoms with Crippen LogP contribution < -0.4 is 10.5 Å². The summed E-state index contributed by atoms with van der Waals surface area (Å²) in [5.74, 6) is 1.20. The minimum Gasteiger partial charge on any atom is -0.504 e. The van der Waals surface area contributed by atoms with E-state index in [9.17, 15) is 5.11 Å². The predicted molar refractivity (Wildman–Crippen MR) is 92.5 cm³/mol. The Balaban J connectivity index is 1.91. The number of rotatable bonds is 3. The van der Waals surface area contributed by atoms with Crippen LogP contribution in [0, 0.1) is 0 Å². The average Bonchev–Trinajstić information content (AvgIpc) is 3.15. The van der Waals surface area contributed by atoms with Crippen molar-refractivity contribution in [1.82, 2.24) is 24.7 Å². The topological polar surface area (TPSA) is 112 Å². The van der Waals surface area contributed by atoms with Crippen molar-refractivity contribution >= 4 is 16.9 Å². The summed E-state index contributed by atoms with van der Waals surface area (Å²) in [6, 6.07) is 10.9. The average molecular weight is 334 g/mol. The molecule has 0 fully saturated rings. The first-order valence-electron chi connectivity index (χ1n) is 7.45. The molecule has 0 aliphatic rings. The van der Waals surface area contributed by atoms with Crippen LogP contribution in [0.4, 0.5) is 5.95 Å². The van der Waals surface area contributed by atoms with E-state index in [-0.39, 0.29) is 11.7 Å². The van der Waals surface area contributed by atoms with Crippen LogP contribution in [0.15, 0.2) is 49.1 Å². The molecule has 4 aromatic rings. The van der Waals surface area contributed by atoms with Crippen LogP contribution in [-0.2, 0) is 0 Å². The second-order valence-electron chi connectivity index (χ2n) is 5.36. The molecular weight excluding hydrogens is 320 g/mol. The van der Waals surface area contributed by atoms with Gasteiger partial charge in [-0.2, -0.15) is 10.1 Å². The van der Waals surface area contributed by atoms with Gasteiger partial charge in [-0.25, -0.2) is 14.6 Å². The molecule has 2 aromatic heterocycles. The summed E-state index contributed by atoms with van der Waals surface area (Å²) < 4.78 is 6.62. The fraction of sp³-hybridized carbons (Fsp3) is 0.0588. The number of nitrogen functional groups attached to an aromatic ring is 1. The first kappa shape index (κ1) is 14.9. The Morgan fingerprint density at radius 1 is 1.08 bits per heavy atom. The summed E-state index contributed by atoms with van der Waals surface area (Å²) >= 11 is 0. The quantitative estimate of drug-likeness (QED) is 0.590. The van der Waals surface area contributed by atoms with Crippen molar-refractivity contribution in [3.63, 3.8) is 0 Å². The zero-order valence-corrected chi connectivity index (χ0v) is 13.3. The third kappa shape index (κ3) is 2.59. The minimum absolute atomic E-state index is 0.0742. The molecule has 0 amide bonds. The summed E-state index contributed by atoms with van der Waals surface area (Å²) in [6.07, 6.45) is 2.97. The van der Waals surface area contributed by atoms with Crippen LogP contribution in [0.5, 0.6) is 11.5 Å². The lowest BCUT2D eigenvalue weighted by atomic mass is 10.0. The molecule has 124 valence electrons. The van der Waals surface area contributed by atoms with Gasteiger partial charge in [0.25, 0.3) is 0 Å². The molecule has 3 N–H and O–H groups in total. The van der Waals surface area contributed by atoms with Crippen molar-refractivity contribution in [1.29, 1.82) is 0 Å². The van der Waals surface area contributed by atoms with Crippen molar-refractivity contribution in [3.8, 4) is 28.4 Å². The summed E-state index contributed by atoms with van der Waals surface area (Å²) in [6.45, 7) is 0. The molecule has 8 heteroatoms. The van der Waals surface area contributed by atoms with Gasteiger partial charge in [0.2, 0.25) is 5.95 Å². The number of nitrogens with two attached hydrogens (primary N) is 1. The molecule has 0 bridgehead atoms. The lowest BCUT2D eigenvalue weighted by Crippen LogP contribution is -2.04. The van der Waals surface area contributed by atoms with Gasteiger partial charge in [-0.1, -0.05) is 12.1 Å². The fourth-order valence-corrected chi connectivity index (χ4v) is 2.67. The first-order chi connectivity index (χ1) is 12.2. The van der Waals surface area contributed by atoms with Gasteiger partial charge in [-0.15, -0.1) is 0 Å². The van der Waals surface area contributed by atoms with Crippen molar-refractivity contribution in [2.24, 2.45) is 0 Å². The molecule has 0 aliphatic carbocycles. The summed E-state index contributed by atoms with van der Waals surface area (Å²) in [5, 5.41) is 14.9. The zero-order valence-electron chi connectivity index (χ0n) is 13.3. The summed E-state index contributed by atoms with van der Waals surface area (Å²) in [4.78, 5) is 12.5. The molecule has 8 nitrogen and oxygen atoms in total. The van der Waals surface area contributed by atoms with Gasteiger partial charge >= 0.3 is 0 Å². The van der Waals surface area contributed by atoms with Gasteiger partial charge in [0.15, 0.2) is 17.3 Å². The summed E-state index contributed by atoms with van der Waals surface area (Å²) in [7, 11) is 1.51. The third-order valence-corrected chi connectivity index (χ3v) is 3.84. The minimum atomic E-state index is 0.0742. The van der Waals surface area contributed by atoms with Crippen molar-refractivity contribution in [3.05, 3.63) is 49.1 Å². The van der Waals surface area contributed by atoms with Gasteiger partial charge in [-0.05, 0) is 35.4 Å². The number of hydrogen-bond donors (Lipinski definition) is 2. The predicted octanol–water partition coefficient (Wildman–Crippen LogP) is 2.17. The van der Waals surface area contributed by atoms with Gasteiger partial charge in [0.05, 0.1) is 12.6 Å². The number of ether oxygens (including phenoxy) is 1. The van der Waals surface area contributed by atoms with Crippen molar-refractivity contribution in [2.75, 3.05) is 12.8 Å². The van der Waals surface area contributed by atoms with E-state index in [1.165, 1.54) is 18.1 Å². The normalized spacial score (nSPS) is 10.9. The number of methoxy groups -OCH3 is 1. The van der Waals surface area contributed by atoms with Crippen molar-refractivity contribution < 1.29 is 9.84 Å². The molecule has 0 radical (unpaired) electrons. The van der Waals surface area contributed by atoms with E-state index in [0.717, 1.165) is 16.5 Å². The van der Waals surface area contributed by atoms with Gasteiger partial charge in [0.1, 0.15) is 12.7 Å². The number of benzene rings is 2. The second kappa shape index (κ2) is 5.75. The highest BCUT2D eigenvalue weighted by atomic mass is 16.5. The molecule has 25 heavy (non-hydrogen) atoms. The maximum atomic E-state index is 10.0. The van der Waals surface area contributed by atoms with Gasteiger partial charge < -0.3 is 15.6 Å². The standard InChI is InChI=1S/C17H14N6O2/c1-25-15-5-3-11(7-14(15)24)10-2-4-13-12(6-10)16(22-17(18)21-13)23-9-19-8-20-23/h2-9,24H,1H3,(H2,18,21,22). The smallest absolute Gasteiger partial charge is 0.222 e. The molecule has 2 aromatic carbocycles. The van der Waals surface area contributed by atoms with Crippen LogP contribution >= 0.6 is 0 Å². The molecule has 0 atom stereocenters. The highest BCUT2D eigenvalue weighted by Gasteiger charge is 2.11. The molecule has 0 unspecified atom stereocenters. The molecule has 0 saturated heterocycles. The van der Waals surface area contributed by atoms with E-state index < -0.39 is 0 Å². The Morgan fingerprint density at radius 3 is 2.60 bits per heavy atom. The number of aromatic nitrogens is 5. The number of anilines is 1. The van der Waals surface area contributed by atoms with Crippen LogP contribution in [0.25, 0.3) is 27.8 Å². The van der Waals surface area contributed by atoms with Crippen LogP contribution in [-0.4, -0.2) is 36.9 Å². The number of fused-ring (bicyclic) bond motifs is 1. The van der Waals surface area contributed by atoms with E-state index in [1.807, 2.05) is 24.3 Å². The molecule has 2 heterocycles.